The first-order valence-electron chi connectivity index (χ1n) is 4.29. The molecule has 82 valence electrons. The van der Waals surface area contributed by atoms with Gasteiger partial charge in [-0.25, -0.2) is 13.6 Å². The summed E-state index contributed by atoms with van der Waals surface area (Å²) in [5, 5.41) is 4.93. The van der Waals surface area contributed by atoms with Crippen LogP contribution in [-0.2, 0) is 21.2 Å². The highest BCUT2D eigenvalue weighted by atomic mass is 32.2. The van der Waals surface area contributed by atoms with Crippen LogP contribution in [0.15, 0.2) is 29.2 Å². The molecule has 0 aliphatic carbocycles. The summed E-state index contributed by atoms with van der Waals surface area (Å²) in [6.45, 7) is 0. The topological polar surface area (TPSA) is 103 Å². The monoisotopic (exact) mass is 228 g/mol. The fraction of sp³-hybridized carbons (Fsp3) is 0.222. The Balaban J connectivity index is 2.77. The van der Waals surface area contributed by atoms with E-state index < -0.39 is 10.0 Å². The Morgan fingerprint density at radius 3 is 2.13 bits per heavy atom. The van der Waals surface area contributed by atoms with E-state index in [-0.39, 0.29) is 17.2 Å². The molecule has 0 unspecified atom stereocenters. The molecule has 0 saturated carbocycles. The predicted molar refractivity (Wildman–Crippen MR) is 55.3 cm³/mol. The van der Waals surface area contributed by atoms with Crippen LogP contribution >= 0.6 is 0 Å². The van der Waals surface area contributed by atoms with Gasteiger partial charge < -0.3 is 5.73 Å². The minimum Gasteiger partial charge on any atom is -0.370 e. The van der Waals surface area contributed by atoms with Crippen LogP contribution in [-0.4, -0.2) is 14.3 Å². The zero-order valence-electron chi connectivity index (χ0n) is 8.01. The van der Waals surface area contributed by atoms with Crippen LogP contribution in [0.25, 0.3) is 0 Å². The van der Waals surface area contributed by atoms with E-state index in [0.29, 0.717) is 6.42 Å². The van der Waals surface area contributed by atoms with Crippen LogP contribution in [0, 0.1) is 0 Å². The molecule has 0 aliphatic heterocycles. The minimum absolute atomic E-state index is 0.0605. The van der Waals surface area contributed by atoms with Crippen molar-refractivity contribution in [3.63, 3.8) is 0 Å². The summed E-state index contributed by atoms with van der Waals surface area (Å²) >= 11 is 0. The highest BCUT2D eigenvalue weighted by Crippen LogP contribution is 2.09. The SMILES string of the molecule is NC(=O)CCc1ccc(S(N)(=O)=O)cc1. The molecule has 0 saturated heterocycles. The first-order chi connectivity index (χ1) is 6.89. The number of primary sulfonamides is 1. The summed E-state index contributed by atoms with van der Waals surface area (Å²) in [7, 11) is -3.64. The third-order valence-corrected chi connectivity index (χ3v) is 2.84. The van der Waals surface area contributed by atoms with Crippen molar-refractivity contribution in [1.82, 2.24) is 0 Å². The molecular weight excluding hydrogens is 216 g/mol. The normalized spacial score (nSPS) is 11.3. The molecule has 1 aromatic carbocycles. The number of hydrogen-bond acceptors (Lipinski definition) is 3. The molecule has 0 atom stereocenters. The molecule has 15 heavy (non-hydrogen) atoms. The van der Waals surface area contributed by atoms with Crippen LogP contribution in [0.5, 0.6) is 0 Å². The third kappa shape index (κ3) is 3.69. The van der Waals surface area contributed by atoms with Gasteiger partial charge in [0.05, 0.1) is 4.90 Å². The van der Waals surface area contributed by atoms with E-state index in [1.165, 1.54) is 12.1 Å². The molecule has 0 bridgehead atoms. The number of rotatable bonds is 4. The van der Waals surface area contributed by atoms with E-state index in [2.05, 4.69) is 0 Å². The van der Waals surface area contributed by atoms with Crippen molar-refractivity contribution in [2.75, 3.05) is 0 Å². The first kappa shape index (κ1) is 11.7. The second kappa shape index (κ2) is 4.41. The van der Waals surface area contributed by atoms with Crippen LogP contribution in [0.4, 0.5) is 0 Å². The van der Waals surface area contributed by atoms with Gasteiger partial charge in [0.15, 0.2) is 0 Å². The van der Waals surface area contributed by atoms with Crippen molar-refractivity contribution in [2.24, 2.45) is 10.9 Å². The van der Waals surface area contributed by atoms with Gasteiger partial charge in [-0.3, -0.25) is 4.79 Å². The quantitative estimate of drug-likeness (QED) is 0.742. The lowest BCUT2D eigenvalue weighted by molar-refractivity contribution is -0.117. The van der Waals surface area contributed by atoms with Crippen LogP contribution in [0.3, 0.4) is 0 Å². The van der Waals surface area contributed by atoms with Crippen molar-refractivity contribution >= 4 is 15.9 Å². The largest absolute Gasteiger partial charge is 0.370 e. The number of aryl methyl sites for hydroxylation is 1. The summed E-state index contributed by atoms with van der Waals surface area (Å²) < 4.78 is 21.8. The zero-order valence-corrected chi connectivity index (χ0v) is 8.83. The van der Waals surface area contributed by atoms with Crippen LogP contribution < -0.4 is 10.9 Å². The Bertz CT molecular complexity index is 451. The summed E-state index contributed by atoms with van der Waals surface area (Å²) in [6, 6.07) is 6.04. The lowest BCUT2D eigenvalue weighted by Crippen LogP contribution is -2.12. The number of hydrogen-bond donors (Lipinski definition) is 2. The van der Waals surface area contributed by atoms with Gasteiger partial charge in [0, 0.05) is 6.42 Å². The van der Waals surface area contributed by atoms with E-state index >= 15 is 0 Å². The smallest absolute Gasteiger partial charge is 0.238 e. The Labute approximate surface area is 88.1 Å². The Hall–Kier alpha value is -1.40. The van der Waals surface area contributed by atoms with Gasteiger partial charge in [0.2, 0.25) is 15.9 Å². The lowest BCUT2D eigenvalue weighted by Gasteiger charge is -2.01. The zero-order chi connectivity index (χ0) is 11.5. The highest BCUT2D eigenvalue weighted by molar-refractivity contribution is 7.89. The van der Waals surface area contributed by atoms with Crippen molar-refractivity contribution in [3.8, 4) is 0 Å². The van der Waals surface area contributed by atoms with Crippen molar-refractivity contribution in [1.29, 1.82) is 0 Å². The molecule has 1 aromatic rings. The Kier molecular flexibility index (Phi) is 3.43. The molecule has 0 spiro atoms. The van der Waals surface area contributed by atoms with Gasteiger partial charge in [0.1, 0.15) is 0 Å². The van der Waals surface area contributed by atoms with Gasteiger partial charge in [-0.2, -0.15) is 0 Å². The maximum absolute atomic E-state index is 10.9. The molecular formula is C9H12N2O3S. The third-order valence-electron chi connectivity index (χ3n) is 1.91. The molecule has 0 fully saturated rings. The molecule has 1 amide bonds. The van der Waals surface area contributed by atoms with E-state index in [1.807, 2.05) is 0 Å². The van der Waals surface area contributed by atoms with Crippen LogP contribution in [0.1, 0.15) is 12.0 Å². The highest BCUT2D eigenvalue weighted by Gasteiger charge is 2.06. The number of benzene rings is 1. The number of carbonyl (C=O) groups excluding carboxylic acids is 1. The Morgan fingerprint density at radius 1 is 1.20 bits per heavy atom. The van der Waals surface area contributed by atoms with Gasteiger partial charge in [-0.1, -0.05) is 12.1 Å². The average Bonchev–Trinajstić information content (AvgIpc) is 2.14. The van der Waals surface area contributed by atoms with Gasteiger partial charge >= 0.3 is 0 Å². The summed E-state index contributed by atoms with van der Waals surface area (Å²) in [4.78, 5) is 10.6. The first-order valence-corrected chi connectivity index (χ1v) is 5.84. The number of nitrogens with two attached hydrogens (primary N) is 2. The Morgan fingerprint density at radius 2 is 1.73 bits per heavy atom. The average molecular weight is 228 g/mol. The second-order valence-corrected chi connectivity index (χ2v) is 4.72. The van der Waals surface area contributed by atoms with Crippen LogP contribution in [0.2, 0.25) is 0 Å². The molecule has 0 aliphatic rings. The maximum atomic E-state index is 10.9. The summed E-state index contributed by atoms with van der Waals surface area (Å²) in [6.07, 6.45) is 0.745. The molecule has 5 nitrogen and oxygen atoms in total. The second-order valence-electron chi connectivity index (χ2n) is 3.16. The van der Waals surface area contributed by atoms with Crippen molar-refractivity contribution in [2.45, 2.75) is 17.7 Å². The van der Waals surface area contributed by atoms with Crippen molar-refractivity contribution in [3.05, 3.63) is 29.8 Å². The van der Waals surface area contributed by atoms with E-state index in [4.69, 9.17) is 10.9 Å². The summed E-state index contributed by atoms with van der Waals surface area (Å²) in [5.74, 6) is -0.384. The molecule has 0 heterocycles. The number of primary amides is 1. The van der Waals surface area contributed by atoms with E-state index in [0.717, 1.165) is 5.56 Å². The molecule has 6 heteroatoms. The fourth-order valence-electron chi connectivity index (χ4n) is 1.11. The van der Waals surface area contributed by atoms with Gasteiger partial charge in [-0.15, -0.1) is 0 Å². The summed E-state index contributed by atoms with van der Waals surface area (Å²) in [5.41, 5.74) is 5.83. The van der Waals surface area contributed by atoms with E-state index in [9.17, 15) is 13.2 Å². The van der Waals surface area contributed by atoms with Crippen molar-refractivity contribution < 1.29 is 13.2 Å². The number of amides is 1. The maximum Gasteiger partial charge on any atom is 0.238 e. The standard InChI is InChI=1S/C9H12N2O3S/c10-9(12)6-3-7-1-4-8(5-2-7)15(11,13)14/h1-2,4-5H,3,6H2,(H2,10,12)(H2,11,13,14). The number of sulfonamides is 1. The molecule has 4 N–H and O–H groups in total. The lowest BCUT2D eigenvalue weighted by atomic mass is 10.1. The fourth-order valence-corrected chi connectivity index (χ4v) is 1.63. The van der Waals surface area contributed by atoms with Gasteiger partial charge in [-0.05, 0) is 24.1 Å². The minimum atomic E-state index is -3.64. The predicted octanol–water partition coefficient (Wildman–Crippen LogP) is -0.248. The molecule has 1 rings (SSSR count). The van der Waals surface area contributed by atoms with E-state index in [1.54, 1.807) is 12.1 Å². The number of carbonyl (C=O) groups is 1. The van der Waals surface area contributed by atoms with Gasteiger partial charge in [0.25, 0.3) is 0 Å². The molecule has 0 radical (unpaired) electrons. The molecule has 0 aromatic heterocycles.